The summed E-state index contributed by atoms with van der Waals surface area (Å²) in [5.41, 5.74) is 8.01. The maximum atomic E-state index is 12.3. The average molecular weight is 324 g/mol. The van der Waals surface area contributed by atoms with E-state index < -0.39 is 0 Å². The van der Waals surface area contributed by atoms with Gasteiger partial charge in [0.2, 0.25) is 0 Å². The minimum absolute atomic E-state index is 0.258. The SMILES string of the molecule is CCOC(=O)c1c(CN)n(C)c2cc(Oc3ccccc3)ccc12. The fourth-order valence-electron chi connectivity index (χ4n) is 2.83. The molecule has 124 valence electrons. The molecule has 1 aromatic heterocycles. The van der Waals surface area contributed by atoms with Crippen LogP contribution in [0.4, 0.5) is 0 Å². The minimum Gasteiger partial charge on any atom is -0.462 e. The molecule has 0 saturated carbocycles. The number of nitrogens with zero attached hydrogens (tertiary/aromatic N) is 1. The molecule has 0 fully saturated rings. The largest absolute Gasteiger partial charge is 0.462 e. The van der Waals surface area contributed by atoms with E-state index in [1.165, 1.54) is 0 Å². The third kappa shape index (κ3) is 2.86. The Kier molecular flexibility index (Phi) is 4.53. The Morgan fingerprint density at radius 1 is 1.12 bits per heavy atom. The van der Waals surface area contributed by atoms with Gasteiger partial charge in [0.15, 0.2) is 0 Å². The van der Waals surface area contributed by atoms with Gasteiger partial charge in [0.05, 0.1) is 17.7 Å². The van der Waals surface area contributed by atoms with Crippen molar-refractivity contribution in [2.45, 2.75) is 13.5 Å². The van der Waals surface area contributed by atoms with E-state index in [4.69, 9.17) is 15.2 Å². The molecule has 0 radical (unpaired) electrons. The van der Waals surface area contributed by atoms with Crippen molar-refractivity contribution in [2.75, 3.05) is 6.61 Å². The number of para-hydroxylation sites is 1. The van der Waals surface area contributed by atoms with Gasteiger partial charge in [-0.05, 0) is 31.2 Å². The molecule has 1 heterocycles. The molecule has 3 rings (SSSR count). The van der Waals surface area contributed by atoms with Crippen LogP contribution in [0.1, 0.15) is 23.0 Å². The second-order valence-corrected chi connectivity index (χ2v) is 5.40. The Bertz CT molecular complexity index is 869. The molecule has 24 heavy (non-hydrogen) atoms. The predicted octanol–water partition coefficient (Wildman–Crippen LogP) is 3.61. The molecule has 0 unspecified atom stereocenters. The Balaban J connectivity index is 2.07. The maximum Gasteiger partial charge on any atom is 0.340 e. The molecule has 0 spiro atoms. The number of hydrogen-bond donors (Lipinski definition) is 1. The molecule has 0 atom stereocenters. The van der Waals surface area contributed by atoms with Crippen molar-refractivity contribution >= 4 is 16.9 Å². The van der Waals surface area contributed by atoms with Gasteiger partial charge in [0.1, 0.15) is 11.5 Å². The predicted molar refractivity (Wildman–Crippen MR) is 93.3 cm³/mol. The monoisotopic (exact) mass is 324 g/mol. The van der Waals surface area contributed by atoms with E-state index in [0.29, 0.717) is 17.9 Å². The summed E-state index contributed by atoms with van der Waals surface area (Å²) < 4.78 is 13.0. The highest BCUT2D eigenvalue weighted by Crippen LogP contribution is 2.31. The Labute approximate surface area is 140 Å². The van der Waals surface area contributed by atoms with Crippen LogP contribution in [-0.4, -0.2) is 17.1 Å². The Morgan fingerprint density at radius 2 is 1.88 bits per heavy atom. The van der Waals surface area contributed by atoms with Crippen LogP contribution < -0.4 is 10.5 Å². The zero-order valence-electron chi connectivity index (χ0n) is 13.8. The van der Waals surface area contributed by atoms with Crippen LogP contribution in [0.2, 0.25) is 0 Å². The highest BCUT2D eigenvalue weighted by Gasteiger charge is 2.21. The molecular weight excluding hydrogens is 304 g/mol. The van der Waals surface area contributed by atoms with Gasteiger partial charge in [0.25, 0.3) is 0 Å². The van der Waals surface area contributed by atoms with E-state index in [1.807, 2.05) is 60.1 Å². The number of fused-ring (bicyclic) bond motifs is 1. The van der Waals surface area contributed by atoms with E-state index in [-0.39, 0.29) is 12.5 Å². The van der Waals surface area contributed by atoms with Crippen molar-refractivity contribution in [2.24, 2.45) is 12.8 Å². The van der Waals surface area contributed by atoms with Gasteiger partial charge in [0, 0.05) is 30.7 Å². The van der Waals surface area contributed by atoms with E-state index >= 15 is 0 Å². The van der Waals surface area contributed by atoms with Crippen LogP contribution >= 0.6 is 0 Å². The van der Waals surface area contributed by atoms with Crippen molar-refractivity contribution < 1.29 is 14.3 Å². The second-order valence-electron chi connectivity index (χ2n) is 5.40. The van der Waals surface area contributed by atoms with Crippen LogP contribution in [0.15, 0.2) is 48.5 Å². The molecule has 0 aliphatic rings. The summed E-state index contributed by atoms with van der Waals surface area (Å²) in [6.07, 6.45) is 0. The Morgan fingerprint density at radius 3 is 2.54 bits per heavy atom. The number of carbonyl (C=O) groups is 1. The third-order valence-electron chi connectivity index (χ3n) is 3.95. The van der Waals surface area contributed by atoms with Gasteiger partial charge in [-0.3, -0.25) is 0 Å². The van der Waals surface area contributed by atoms with Gasteiger partial charge in [-0.2, -0.15) is 0 Å². The number of hydrogen-bond acceptors (Lipinski definition) is 4. The number of esters is 1. The molecular formula is C19H20N2O3. The summed E-state index contributed by atoms with van der Waals surface area (Å²) in [5.74, 6) is 1.12. The molecule has 5 nitrogen and oxygen atoms in total. The van der Waals surface area contributed by atoms with Gasteiger partial charge in [-0.15, -0.1) is 0 Å². The molecule has 0 aliphatic carbocycles. The van der Waals surface area contributed by atoms with Crippen LogP contribution in [0, 0.1) is 0 Å². The molecule has 2 aromatic carbocycles. The van der Waals surface area contributed by atoms with Crippen molar-refractivity contribution in [3.05, 3.63) is 59.8 Å². The topological polar surface area (TPSA) is 66.5 Å². The highest BCUT2D eigenvalue weighted by molar-refractivity contribution is 6.06. The van der Waals surface area contributed by atoms with E-state index in [2.05, 4.69) is 0 Å². The summed E-state index contributed by atoms with van der Waals surface area (Å²) in [5, 5.41) is 0.816. The first-order valence-corrected chi connectivity index (χ1v) is 7.87. The lowest BCUT2D eigenvalue weighted by atomic mass is 10.1. The molecule has 0 saturated heterocycles. The normalized spacial score (nSPS) is 10.8. The summed E-state index contributed by atoms with van der Waals surface area (Å²) in [6.45, 7) is 2.37. The average Bonchev–Trinajstić information content (AvgIpc) is 2.88. The van der Waals surface area contributed by atoms with Crippen LogP contribution in [0.25, 0.3) is 10.9 Å². The fourth-order valence-corrected chi connectivity index (χ4v) is 2.83. The lowest BCUT2D eigenvalue weighted by Gasteiger charge is -2.06. The molecule has 0 bridgehead atoms. The summed E-state index contributed by atoms with van der Waals surface area (Å²) >= 11 is 0. The molecule has 5 heteroatoms. The summed E-state index contributed by atoms with van der Waals surface area (Å²) in [6, 6.07) is 15.2. The molecule has 3 aromatic rings. The number of nitrogens with two attached hydrogens (primary N) is 1. The minimum atomic E-state index is -0.347. The molecule has 0 aliphatic heterocycles. The van der Waals surface area contributed by atoms with Crippen molar-refractivity contribution in [3.8, 4) is 11.5 Å². The number of benzene rings is 2. The number of rotatable bonds is 5. The van der Waals surface area contributed by atoms with Gasteiger partial charge >= 0.3 is 5.97 Å². The first kappa shape index (κ1) is 16.1. The van der Waals surface area contributed by atoms with Crippen LogP contribution in [0.3, 0.4) is 0 Å². The van der Waals surface area contributed by atoms with Crippen LogP contribution in [0.5, 0.6) is 11.5 Å². The van der Waals surface area contributed by atoms with Crippen LogP contribution in [-0.2, 0) is 18.3 Å². The zero-order chi connectivity index (χ0) is 17.1. The van der Waals surface area contributed by atoms with Gasteiger partial charge in [-0.1, -0.05) is 18.2 Å². The molecule has 2 N–H and O–H groups in total. The quantitative estimate of drug-likeness (QED) is 0.728. The lowest BCUT2D eigenvalue weighted by molar-refractivity contribution is 0.0527. The highest BCUT2D eigenvalue weighted by atomic mass is 16.5. The van der Waals surface area contributed by atoms with Gasteiger partial charge in [-0.25, -0.2) is 4.79 Å². The third-order valence-corrected chi connectivity index (χ3v) is 3.95. The standard InChI is InChI=1S/C19H20N2O3/c1-3-23-19(22)18-15-10-9-14(24-13-7-5-4-6-8-13)11-16(15)21(2)17(18)12-20/h4-11H,3,12,20H2,1-2H3. The van der Waals surface area contributed by atoms with Crippen molar-refractivity contribution in [1.29, 1.82) is 0 Å². The smallest absolute Gasteiger partial charge is 0.340 e. The van der Waals surface area contributed by atoms with E-state index in [0.717, 1.165) is 22.3 Å². The number of carbonyl (C=O) groups excluding carboxylic acids is 1. The molecule has 0 amide bonds. The van der Waals surface area contributed by atoms with Crippen molar-refractivity contribution in [3.63, 3.8) is 0 Å². The van der Waals surface area contributed by atoms with E-state index in [1.54, 1.807) is 6.92 Å². The second kappa shape index (κ2) is 6.76. The fraction of sp³-hybridized carbons (Fsp3) is 0.211. The first-order valence-electron chi connectivity index (χ1n) is 7.87. The Hall–Kier alpha value is -2.79. The summed E-state index contributed by atoms with van der Waals surface area (Å²) in [7, 11) is 1.89. The first-order chi connectivity index (χ1) is 11.7. The zero-order valence-corrected chi connectivity index (χ0v) is 13.8. The van der Waals surface area contributed by atoms with E-state index in [9.17, 15) is 4.79 Å². The number of aryl methyl sites for hydroxylation is 1. The maximum absolute atomic E-state index is 12.3. The number of aromatic nitrogens is 1. The van der Waals surface area contributed by atoms with Crippen molar-refractivity contribution in [1.82, 2.24) is 4.57 Å². The van der Waals surface area contributed by atoms with Gasteiger partial charge < -0.3 is 19.8 Å². The summed E-state index contributed by atoms with van der Waals surface area (Å²) in [4.78, 5) is 12.3. The number of ether oxygens (including phenoxy) is 2. The lowest BCUT2D eigenvalue weighted by Crippen LogP contribution is -2.12.